The van der Waals surface area contributed by atoms with E-state index in [2.05, 4.69) is 4.99 Å². The number of benzene rings is 2. The maximum absolute atomic E-state index is 13.3. The molecule has 116 valence electrons. The number of aliphatic imine (C=N–C) groups is 1. The molecule has 2 aromatic carbocycles. The molecule has 0 aromatic heterocycles. The highest BCUT2D eigenvalue weighted by Gasteiger charge is 2.10. The normalized spacial score (nSPS) is 12.5. The minimum absolute atomic E-state index is 0.000698. The molecule has 0 aliphatic carbocycles. The van der Waals surface area contributed by atoms with E-state index in [-0.39, 0.29) is 17.3 Å². The number of aliphatic hydroxyl groups is 1. The van der Waals surface area contributed by atoms with Crippen LogP contribution in [0.15, 0.2) is 41.4 Å². The largest absolute Gasteiger partial charge is 0.504 e. The van der Waals surface area contributed by atoms with Crippen molar-refractivity contribution in [2.75, 3.05) is 13.7 Å². The number of phenols is 1. The smallest absolute Gasteiger partial charge is 0.166 e. The molecule has 2 N–H and O–H groups in total. The Bertz CT molecular complexity index is 691. The number of para-hydroxylation sites is 1. The first-order valence-electron chi connectivity index (χ1n) is 6.51. The van der Waals surface area contributed by atoms with Crippen molar-refractivity contribution in [2.45, 2.75) is 6.10 Å². The minimum Gasteiger partial charge on any atom is -0.504 e. The number of methoxy groups -OCH3 is 1. The molecule has 0 radical (unpaired) electrons. The lowest BCUT2D eigenvalue weighted by Gasteiger charge is -2.09. The van der Waals surface area contributed by atoms with Crippen LogP contribution in [0.4, 0.5) is 4.39 Å². The third-order valence-corrected chi connectivity index (χ3v) is 3.39. The first-order chi connectivity index (χ1) is 10.5. The Hall–Kier alpha value is -2.11. The molecule has 1 atom stereocenters. The van der Waals surface area contributed by atoms with E-state index >= 15 is 0 Å². The highest BCUT2D eigenvalue weighted by Crippen LogP contribution is 2.28. The molecule has 22 heavy (non-hydrogen) atoms. The molecule has 0 aliphatic rings. The lowest BCUT2D eigenvalue weighted by atomic mass is 10.1. The molecule has 0 bridgehead atoms. The molecule has 0 fully saturated rings. The molecule has 0 spiro atoms. The van der Waals surface area contributed by atoms with Crippen molar-refractivity contribution in [3.05, 3.63) is 58.4 Å². The number of hydrogen-bond acceptors (Lipinski definition) is 4. The van der Waals surface area contributed by atoms with Gasteiger partial charge in [-0.05, 0) is 29.8 Å². The first-order valence-corrected chi connectivity index (χ1v) is 6.89. The van der Waals surface area contributed by atoms with E-state index in [0.717, 1.165) is 0 Å². The quantitative estimate of drug-likeness (QED) is 0.829. The molecule has 2 rings (SSSR count). The molecular formula is C16H15ClFNO3. The summed E-state index contributed by atoms with van der Waals surface area (Å²) in [5.41, 5.74) is 0.850. The predicted octanol–water partition coefficient (Wildman–Crippen LogP) is 3.35. The number of ether oxygens (including phenoxy) is 1. The van der Waals surface area contributed by atoms with Gasteiger partial charge < -0.3 is 14.9 Å². The van der Waals surface area contributed by atoms with Crippen LogP contribution in [0.1, 0.15) is 17.2 Å². The summed E-state index contributed by atoms with van der Waals surface area (Å²) in [5.74, 6) is -0.280. The van der Waals surface area contributed by atoms with Crippen LogP contribution in [-0.2, 0) is 0 Å². The van der Waals surface area contributed by atoms with Gasteiger partial charge in [-0.2, -0.15) is 0 Å². The number of nitrogens with zero attached hydrogens (tertiary/aromatic N) is 1. The van der Waals surface area contributed by atoms with Crippen molar-refractivity contribution < 1.29 is 19.3 Å². The van der Waals surface area contributed by atoms with Gasteiger partial charge in [0.15, 0.2) is 11.5 Å². The molecule has 6 heteroatoms. The molecule has 0 heterocycles. The Balaban J connectivity index is 2.07. The maximum atomic E-state index is 13.3. The summed E-state index contributed by atoms with van der Waals surface area (Å²) in [6, 6.07) is 9.09. The van der Waals surface area contributed by atoms with Crippen molar-refractivity contribution in [3.8, 4) is 11.5 Å². The fraction of sp³-hybridized carbons (Fsp3) is 0.188. The zero-order valence-electron chi connectivity index (χ0n) is 11.8. The number of rotatable bonds is 5. The molecular weight excluding hydrogens is 309 g/mol. The van der Waals surface area contributed by atoms with Gasteiger partial charge in [-0.25, -0.2) is 4.39 Å². The third kappa shape index (κ3) is 3.75. The van der Waals surface area contributed by atoms with Crippen molar-refractivity contribution in [3.63, 3.8) is 0 Å². The zero-order valence-corrected chi connectivity index (χ0v) is 12.6. The standard InChI is InChI=1S/C16H15ClFNO3/c1-22-15-4-2-3-11(16(15)21)8-19-9-14(20)10-5-6-12(17)13(18)7-10/h2-8,14,20-21H,9H2,1H3. The minimum atomic E-state index is -0.962. The van der Waals surface area contributed by atoms with Gasteiger partial charge in [0, 0.05) is 11.8 Å². The molecule has 1 unspecified atom stereocenters. The SMILES string of the molecule is COc1cccc(C=NCC(O)c2ccc(Cl)c(F)c2)c1O. The fourth-order valence-electron chi connectivity index (χ4n) is 1.88. The van der Waals surface area contributed by atoms with Crippen molar-refractivity contribution in [1.29, 1.82) is 0 Å². The molecule has 4 nitrogen and oxygen atoms in total. The van der Waals surface area contributed by atoms with Gasteiger partial charge in [-0.15, -0.1) is 0 Å². The summed E-state index contributed by atoms with van der Waals surface area (Å²) >= 11 is 5.59. The van der Waals surface area contributed by atoms with E-state index < -0.39 is 11.9 Å². The van der Waals surface area contributed by atoms with Crippen LogP contribution in [0.25, 0.3) is 0 Å². The zero-order chi connectivity index (χ0) is 16.1. The summed E-state index contributed by atoms with van der Waals surface area (Å²) in [7, 11) is 1.45. The summed E-state index contributed by atoms with van der Waals surface area (Å²) in [4.78, 5) is 4.06. The number of halogens is 2. The molecule has 0 saturated carbocycles. The number of aliphatic hydroxyl groups excluding tert-OH is 1. The van der Waals surface area contributed by atoms with E-state index in [1.165, 1.54) is 31.5 Å². The monoisotopic (exact) mass is 323 g/mol. The van der Waals surface area contributed by atoms with Crippen LogP contribution >= 0.6 is 11.6 Å². The Kier molecular flexibility index (Phi) is 5.35. The Morgan fingerprint density at radius 2 is 2.14 bits per heavy atom. The highest BCUT2D eigenvalue weighted by atomic mass is 35.5. The van der Waals surface area contributed by atoms with Crippen LogP contribution in [0.3, 0.4) is 0 Å². The summed E-state index contributed by atoms with van der Waals surface area (Å²) in [5, 5.41) is 19.9. The molecule has 0 aliphatic heterocycles. The molecule has 2 aromatic rings. The second-order valence-electron chi connectivity index (χ2n) is 4.58. The van der Waals surface area contributed by atoms with Gasteiger partial charge in [0.25, 0.3) is 0 Å². The number of aromatic hydroxyl groups is 1. The van der Waals surface area contributed by atoms with E-state index in [9.17, 15) is 14.6 Å². The second kappa shape index (κ2) is 7.24. The van der Waals surface area contributed by atoms with Crippen LogP contribution < -0.4 is 4.74 Å². The predicted molar refractivity (Wildman–Crippen MR) is 83.5 cm³/mol. The van der Waals surface area contributed by atoms with Gasteiger partial charge in [-0.3, -0.25) is 4.99 Å². The maximum Gasteiger partial charge on any atom is 0.166 e. The van der Waals surface area contributed by atoms with Crippen LogP contribution in [0.2, 0.25) is 5.02 Å². The van der Waals surface area contributed by atoms with Gasteiger partial charge in [0.05, 0.1) is 24.8 Å². The van der Waals surface area contributed by atoms with Gasteiger partial charge >= 0.3 is 0 Å². The van der Waals surface area contributed by atoms with E-state index in [4.69, 9.17) is 16.3 Å². The Morgan fingerprint density at radius 1 is 1.36 bits per heavy atom. The lowest BCUT2D eigenvalue weighted by molar-refractivity contribution is 0.187. The highest BCUT2D eigenvalue weighted by molar-refractivity contribution is 6.30. The van der Waals surface area contributed by atoms with Crippen molar-refractivity contribution in [2.24, 2.45) is 4.99 Å². The average Bonchev–Trinajstić information content (AvgIpc) is 2.51. The van der Waals surface area contributed by atoms with Crippen LogP contribution in [0, 0.1) is 5.82 Å². The van der Waals surface area contributed by atoms with Gasteiger partial charge in [0.2, 0.25) is 0 Å². The average molecular weight is 324 g/mol. The van der Waals surface area contributed by atoms with E-state index in [1.807, 2.05) is 0 Å². The van der Waals surface area contributed by atoms with E-state index in [0.29, 0.717) is 16.9 Å². The fourth-order valence-corrected chi connectivity index (χ4v) is 2.00. The molecule has 0 saturated heterocycles. The van der Waals surface area contributed by atoms with Crippen molar-refractivity contribution in [1.82, 2.24) is 0 Å². The van der Waals surface area contributed by atoms with Crippen molar-refractivity contribution >= 4 is 17.8 Å². The summed E-state index contributed by atoms with van der Waals surface area (Å²) in [6.07, 6.45) is 0.462. The Labute approximate surface area is 132 Å². The van der Waals surface area contributed by atoms with Crippen LogP contribution in [-0.4, -0.2) is 30.1 Å². The summed E-state index contributed by atoms with van der Waals surface area (Å²) in [6.45, 7) is 0.0255. The van der Waals surface area contributed by atoms with Gasteiger partial charge in [0.1, 0.15) is 5.82 Å². The molecule has 0 amide bonds. The topological polar surface area (TPSA) is 62.0 Å². The second-order valence-corrected chi connectivity index (χ2v) is 4.99. The third-order valence-electron chi connectivity index (χ3n) is 3.09. The van der Waals surface area contributed by atoms with Gasteiger partial charge in [-0.1, -0.05) is 23.7 Å². The first kappa shape index (κ1) is 16.3. The number of phenolic OH excluding ortho intramolecular Hbond substituents is 1. The summed E-state index contributed by atoms with van der Waals surface area (Å²) < 4.78 is 18.3. The lowest BCUT2D eigenvalue weighted by Crippen LogP contribution is -2.02. The Morgan fingerprint density at radius 3 is 2.82 bits per heavy atom. The number of hydrogen-bond donors (Lipinski definition) is 2. The van der Waals surface area contributed by atoms with Crippen LogP contribution in [0.5, 0.6) is 11.5 Å². The van der Waals surface area contributed by atoms with E-state index in [1.54, 1.807) is 18.2 Å².